The van der Waals surface area contributed by atoms with E-state index in [0.29, 0.717) is 11.4 Å². The maximum Gasteiger partial charge on any atom is 0.250 e. The first-order chi connectivity index (χ1) is 10.2. The minimum Gasteiger partial charge on any atom is -0.362 e. The predicted molar refractivity (Wildman–Crippen MR) is 81.0 cm³/mol. The normalized spacial score (nSPS) is 9.90. The molecule has 0 fully saturated rings. The molecule has 2 rings (SSSR count). The standard InChI is InChI=1S/C16H16N2O3/c19-15(17-13-7-3-1-4-8-13)11-21-12-16(20)18-14-9-5-2-6-10-14/h1-10H,11-12H2,(H,17,19)(H,18,20). The molecule has 0 bridgehead atoms. The SMILES string of the molecule is O=C(COCC(=O)Nc1ccccc1)Nc1ccccc1. The summed E-state index contributed by atoms with van der Waals surface area (Å²) in [6.45, 7) is -0.339. The lowest BCUT2D eigenvalue weighted by molar-refractivity contribution is -0.125. The van der Waals surface area contributed by atoms with Crippen molar-refractivity contribution in [3.63, 3.8) is 0 Å². The molecular formula is C16H16N2O3. The zero-order valence-electron chi connectivity index (χ0n) is 11.4. The second-order valence-electron chi connectivity index (χ2n) is 4.32. The van der Waals surface area contributed by atoms with E-state index >= 15 is 0 Å². The summed E-state index contributed by atoms with van der Waals surface area (Å²) in [6, 6.07) is 18.1. The third kappa shape index (κ3) is 5.46. The van der Waals surface area contributed by atoms with Crippen LogP contribution in [0.2, 0.25) is 0 Å². The molecule has 2 aromatic carbocycles. The fourth-order valence-corrected chi connectivity index (χ4v) is 1.67. The summed E-state index contributed by atoms with van der Waals surface area (Å²) in [7, 11) is 0. The van der Waals surface area contributed by atoms with Crippen molar-refractivity contribution in [3.05, 3.63) is 60.7 Å². The minimum atomic E-state index is -0.297. The molecule has 21 heavy (non-hydrogen) atoms. The summed E-state index contributed by atoms with van der Waals surface area (Å²) in [4.78, 5) is 23.2. The van der Waals surface area contributed by atoms with E-state index in [4.69, 9.17) is 4.74 Å². The number of carbonyl (C=O) groups is 2. The van der Waals surface area contributed by atoms with E-state index in [0.717, 1.165) is 0 Å². The Morgan fingerprint density at radius 3 is 1.48 bits per heavy atom. The van der Waals surface area contributed by atoms with Crippen molar-refractivity contribution < 1.29 is 14.3 Å². The summed E-state index contributed by atoms with van der Waals surface area (Å²) in [5.41, 5.74) is 1.39. The minimum absolute atomic E-state index is 0.170. The van der Waals surface area contributed by atoms with Crippen LogP contribution < -0.4 is 10.6 Å². The number of ether oxygens (including phenoxy) is 1. The van der Waals surface area contributed by atoms with Crippen LogP contribution in [0.15, 0.2) is 60.7 Å². The first-order valence-corrected chi connectivity index (χ1v) is 6.51. The van der Waals surface area contributed by atoms with Crippen molar-refractivity contribution in [3.8, 4) is 0 Å². The fraction of sp³-hybridized carbons (Fsp3) is 0.125. The van der Waals surface area contributed by atoms with E-state index < -0.39 is 0 Å². The average Bonchev–Trinajstić information content (AvgIpc) is 2.49. The molecule has 0 aliphatic rings. The number of para-hydroxylation sites is 2. The zero-order valence-corrected chi connectivity index (χ0v) is 11.4. The maximum atomic E-state index is 11.6. The third-order valence-electron chi connectivity index (χ3n) is 2.58. The molecule has 0 spiro atoms. The first-order valence-electron chi connectivity index (χ1n) is 6.51. The molecule has 0 aliphatic carbocycles. The van der Waals surface area contributed by atoms with Crippen molar-refractivity contribution in [2.24, 2.45) is 0 Å². The Labute approximate surface area is 122 Å². The molecule has 0 saturated carbocycles. The molecule has 2 N–H and O–H groups in total. The van der Waals surface area contributed by atoms with Crippen LogP contribution >= 0.6 is 0 Å². The summed E-state index contributed by atoms with van der Waals surface area (Å²) < 4.78 is 5.08. The van der Waals surface area contributed by atoms with Gasteiger partial charge in [-0.15, -0.1) is 0 Å². The highest BCUT2D eigenvalue weighted by Crippen LogP contribution is 2.05. The topological polar surface area (TPSA) is 67.4 Å². The van der Waals surface area contributed by atoms with Gasteiger partial charge in [0.25, 0.3) is 0 Å². The second-order valence-corrected chi connectivity index (χ2v) is 4.32. The van der Waals surface area contributed by atoms with Crippen molar-refractivity contribution in [2.45, 2.75) is 0 Å². The van der Waals surface area contributed by atoms with Crippen LogP contribution in [0.5, 0.6) is 0 Å². The van der Waals surface area contributed by atoms with Crippen LogP contribution in [0.4, 0.5) is 11.4 Å². The number of carbonyl (C=O) groups excluding carboxylic acids is 2. The van der Waals surface area contributed by atoms with Gasteiger partial charge >= 0.3 is 0 Å². The largest absolute Gasteiger partial charge is 0.362 e. The molecule has 0 heterocycles. The Kier molecular flexibility index (Phi) is 5.49. The van der Waals surface area contributed by atoms with Gasteiger partial charge in [0.05, 0.1) is 0 Å². The van der Waals surface area contributed by atoms with Gasteiger partial charge in [0, 0.05) is 11.4 Å². The molecular weight excluding hydrogens is 268 g/mol. The van der Waals surface area contributed by atoms with Gasteiger partial charge in [-0.25, -0.2) is 0 Å². The van der Waals surface area contributed by atoms with Crippen LogP contribution in [0.3, 0.4) is 0 Å². The lowest BCUT2D eigenvalue weighted by Gasteiger charge is -2.07. The van der Waals surface area contributed by atoms with Gasteiger partial charge in [0.2, 0.25) is 11.8 Å². The predicted octanol–water partition coefficient (Wildman–Crippen LogP) is 2.28. The van der Waals surface area contributed by atoms with Crippen molar-refractivity contribution in [2.75, 3.05) is 23.8 Å². The number of benzene rings is 2. The molecule has 0 aliphatic heterocycles. The van der Waals surface area contributed by atoms with Gasteiger partial charge in [-0.3, -0.25) is 9.59 Å². The monoisotopic (exact) mass is 284 g/mol. The summed E-state index contributed by atoms with van der Waals surface area (Å²) >= 11 is 0. The molecule has 0 atom stereocenters. The maximum absolute atomic E-state index is 11.6. The van der Waals surface area contributed by atoms with E-state index in [1.54, 1.807) is 24.3 Å². The van der Waals surface area contributed by atoms with E-state index in [-0.39, 0.29) is 25.0 Å². The quantitative estimate of drug-likeness (QED) is 0.855. The molecule has 2 aromatic rings. The van der Waals surface area contributed by atoms with Crippen molar-refractivity contribution in [1.82, 2.24) is 0 Å². The summed E-state index contributed by atoms with van der Waals surface area (Å²) in [6.07, 6.45) is 0. The van der Waals surface area contributed by atoms with E-state index in [1.165, 1.54) is 0 Å². The van der Waals surface area contributed by atoms with Crippen molar-refractivity contribution >= 4 is 23.2 Å². The Hall–Kier alpha value is -2.66. The number of rotatable bonds is 6. The molecule has 2 amide bonds. The van der Waals surface area contributed by atoms with Crippen molar-refractivity contribution in [1.29, 1.82) is 0 Å². The van der Waals surface area contributed by atoms with Gasteiger partial charge in [-0.05, 0) is 24.3 Å². The van der Waals surface area contributed by atoms with Crippen LogP contribution in [0.1, 0.15) is 0 Å². The Balaban J connectivity index is 1.67. The Bertz CT molecular complexity index is 531. The number of hydrogen-bond donors (Lipinski definition) is 2. The number of anilines is 2. The van der Waals surface area contributed by atoms with Crippen LogP contribution in [0, 0.1) is 0 Å². The van der Waals surface area contributed by atoms with Gasteiger partial charge in [-0.2, -0.15) is 0 Å². The van der Waals surface area contributed by atoms with Crippen LogP contribution in [-0.4, -0.2) is 25.0 Å². The lowest BCUT2D eigenvalue weighted by Crippen LogP contribution is -2.23. The smallest absolute Gasteiger partial charge is 0.250 e. The highest BCUT2D eigenvalue weighted by molar-refractivity contribution is 5.93. The second kappa shape index (κ2) is 7.81. The third-order valence-corrected chi connectivity index (χ3v) is 2.58. The molecule has 0 aromatic heterocycles. The van der Waals surface area contributed by atoms with Gasteiger partial charge in [0.15, 0.2) is 0 Å². The molecule has 108 valence electrons. The van der Waals surface area contributed by atoms with Crippen LogP contribution in [-0.2, 0) is 14.3 Å². The summed E-state index contributed by atoms with van der Waals surface area (Å²) in [5.74, 6) is -0.595. The van der Waals surface area contributed by atoms with E-state index in [9.17, 15) is 9.59 Å². The van der Waals surface area contributed by atoms with E-state index in [2.05, 4.69) is 10.6 Å². The molecule has 0 saturated heterocycles. The lowest BCUT2D eigenvalue weighted by atomic mass is 10.3. The van der Waals surface area contributed by atoms with Gasteiger partial charge in [0.1, 0.15) is 13.2 Å². The number of nitrogens with one attached hydrogen (secondary N) is 2. The molecule has 0 unspecified atom stereocenters. The zero-order chi connectivity index (χ0) is 14.9. The first kappa shape index (κ1) is 14.7. The fourth-order valence-electron chi connectivity index (χ4n) is 1.67. The highest BCUT2D eigenvalue weighted by Gasteiger charge is 2.06. The Morgan fingerprint density at radius 1 is 0.714 bits per heavy atom. The highest BCUT2D eigenvalue weighted by atomic mass is 16.5. The number of amides is 2. The Morgan fingerprint density at radius 2 is 1.10 bits per heavy atom. The number of hydrogen-bond acceptors (Lipinski definition) is 3. The molecule has 0 radical (unpaired) electrons. The van der Waals surface area contributed by atoms with E-state index in [1.807, 2.05) is 36.4 Å². The van der Waals surface area contributed by atoms with Gasteiger partial charge in [-0.1, -0.05) is 36.4 Å². The summed E-state index contributed by atoms with van der Waals surface area (Å²) in [5, 5.41) is 5.34. The average molecular weight is 284 g/mol. The van der Waals surface area contributed by atoms with Gasteiger partial charge < -0.3 is 15.4 Å². The molecule has 5 heteroatoms. The molecule has 5 nitrogen and oxygen atoms in total. The van der Waals surface area contributed by atoms with Crippen LogP contribution in [0.25, 0.3) is 0 Å².